The van der Waals surface area contributed by atoms with Gasteiger partial charge in [0.05, 0.1) is 29.6 Å². The topological polar surface area (TPSA) is 160 Å². The zero-order valence-corrected chi connectivity index (χ0v) is 33.0. The van der Waals surface area contributed by atoms with Crippen molar-refractivity contribution in [1.29, 1.82) is 0 Å². The first-order valence-electron chi connectivity index (χ1n) is 18.7. The van der Waals surface area contributed by atoms with E-state index in [2.05, 4.69) is 15.4 Å². The molecule has 2 aliphatic heterocycles. The van der Waals surface area contributed by atoms with Crippen molar-refractivity contribution < 1.29 is 32.3 Å². The summed E-state index contributed by atoms with van der Waals surface area (Å²) in [5.74, 6) is -0.00585. The van der Waals surface area contributed by atoms with Gasteiger partial charge >= 0.3 is 6.03 Å². The van der Waals surface area contributed by atoms with Gasteiger partial charge in [-0.25, -0.2) is 23.2 Å². The van der Waals surface area contributed by atoms with Crippen LogP contribution in [0.4, 0.5) is 4.79 Å². The van der Waals surface area contributed by atoms with Crippen LogP contribution in [0.3, 0.4) is 0 Å². The predicted octanol–water partition coefficient (Wildman–Crippen LogP) is 5.77. The van der Waals surface area contributed by atoms with Crippen molar-refractivity contribution in [2.45, 2.75) is 99.5 Å². The summed E-state index contributed by atoms with van der Waals surface area (Å²) >= 11 is 8.34. The number of pyridine rings is 1. The Hall–Kier alpha value is -3.95. The van der Waals surface area contributed by atoms with Crippen LogP contribution in [0.5, 0.6) is 11.5 Å². The number of nitrogens with one attached hydrogen (secondary N) is 2. The first-order chi connectivity index (χ1) is 25.8. The third-order valence-electron chi connectivity index (χ3n) is 11.9. The molecule has 0 radical (unpaired) electrons. The number of carbonyl (C=O) groups is 3. The summed E-state index contributed by atoms with van der Waals surface area (Å²) in [7, 11) is -0.680. The van der Waals surface area contributed by atoms with E-state index in [-0.39, 0.29) is 25.3 Å². The zero-order chi connectivity index (χ0) is 38.0. The lowest BCUT2D eigenvalue weighted by atomic mass is 9.83. The Morgan fingerprint density at radius 3 is 2.65 bits per heavy atom. The fraction of sp³-hybridized carbons (Fsp3) is 0.553. The number of fused-ring (bicyclic) bond motifs is 3. The molecule has 3 aromatic rings. The maximum Gasteiger partial charge on any atom is 0.319 e. The summed E-state index contributed by atoms with van der Waals surface area (Å²) in [6.07, 6.45) is 10.3. The second-order valence-corrected chi connectivity index (χ2v) is 19.0. The van der Waals surface area contributed by atoms with Crippen molar-refractivity contribution in [3.63, 3.8) is 0 Å². The van der Waals surface area contributed by atoms with Gasteiger partial charge in [-0.05, 0) is 70.4 Å². The van der Waals surface area contributed by atoms with Crippen molar-refractivity contribution in [2.24, 2.45) is 5.92 Å². The number of amides is 4. The largest absolute Gasteiger partial charge is 0.495 e. The van der Waals surface area contributed by atoms with Gasteiger partial charge in [0, 0.05) is 48.7 Å². The number of carbonyl (C=O) groups excluding carboxylic acids is 3. The van der Waals surface area contributed by atoms with Crippen LogP contribution in [0.2, 0.25) is 5.02 Å². The van der Waals surface area contributed by atoms with E-state index in [1.54, 1.807) is 24.9 Å². The molecule has 0 bridgehead atoms. The molecule has 4 atom stereocenters. The molecule has 0 spiro atoms. The Labute approximate surface area is 323 Å². The highest BCUT2D eigenvalue weighted by Crippen LogP contribution is 2.48. The Kier molecular flexibility index (Phi) is 9.57. The molecule has 0 unspecified atom stereocenters. The molecule has 1 saturated heterocycles. The molecule has 4 heterocycles. The Morgan fingerprint density at radius 1 is 1.13 bits per heavy atom. The number of benzene rings is 1. The smallest absolute Gasteiger partial charge is 0.319 e. The molecule has 5 aliphatic rings. The maximum absolute atomic E-state index is 14.3. The monoisotopic (exact) mass is 796 g/mol. The van der Waals surface area contributed by atoms with Gasteiger partial charge in [0.25, 0.3) is 5.91 Å². The van der Waals surface area contributed by atoms with E-state index in [1.807, 2.05) is 24.3 Å². The molecule has 3 saturated carbocycles. The summed E-state index contributed by atoms with van der Waals surface area (Å²) in [5, 5.41) is 6.66. The number of hydrogen-bond acceptors (Lipinski definition) is 10. The van der Waals surface area contributed by atoms with Crippen LogP contribution in [-0.2, 0) is 19.6 Å². The van der Waals surface area contributed by atoms with E-state index < -0.39 is 50.3 Å². The minimum absolute atomic E-state index is 0.0385. The van der Waals surface area contributed by atoms with E-state index >= 15 is 0 Å². The molecule has 16 heteroatoms. The average molecular weight is 797 g/mol. The number of hydrogen-bond donors (Lipinski definition) is 2. The van der Waals surface area contributed by atoms with Crippen molar-refractivity contribution in [3.05, 3.63) is 46.4 Å². The number of urea groups is 1. The van der Waals surface area contributed by atoms with Gasteiger partial charge in [0.2, 0.25) is 15.9 Å². The molecule has 2 aromatic heterocycles. The number of halogens is 1. The van der Waals surface area contributed by atoms with E-state index in [9.17, 15) is 22.8 Å². The third-order valence-corrected chi connectivity index (χ3v) is 15.3. The molecule has 13 nitrogen and oxygen atoms in total. The molecular formula is C38H45ClN6O7S2. The van der Waals surface area contributed by atoms with Crippen LogP contribution in [0.15, 0.2) is 35.7 Å². The SMILES string of the molecule is COc1ccc2c(O[C@H]3C[C@H]4C(=O)N(C)CCCC/C=C/[C@@H]5C[C@@]5(C(=O)NS(=O)(=O)C5(C)CC5)NC(=O)N4C3)cc(-c3nc(C4CCC4)cs3)nc2c1Cl. The van der Waals surface area contributed by atoms with Gasteiger partial charge in [-0.3, -0.25) is 14.3 Å². The first-order valence-corrected chi connectivity index (χ1v) is 21.4. The number of methoxy groups -OCH3 is 1. The van der Waals surface area contributed by atoms with Crippen molar-refractivity contribution >= 4 is 61.7 Å². The number of likely N-dealkylation sites (N-methyl/N-ethyl adjacent to an activating group) is 1. The highest BCUT2D eigenvalue weighted by molar-refractivity contribution is 7.91. The number of sulfonamides is 1. The van der Waals surface area contributed by atoms with Gasteiger partial charge in [0.15, 0.2) is 0 Å². The Balaban J connectivity index is 1.11. The van der Waals surface area contributed by atoms with E-state index in [0.29, 0.717) is 58.4 Å². The minimum Gasteiger partial charge on any atom is -0.495 e. The molecule has 288 valence electrons. The Bertz CT molecular complexity index is 2150. The molecule has 3 aliphatic carbocycles. The van der Waals surface area contributed by atoms with Gasteiger partial charge < -0.3 is 24.6 Å². The highest BCUT2D eigenvalue weighted by atomic mass is 35.5. The fourth-order valence-electron chi connectivity index (χ4n) is 7.65. The molecule has 1 aromatic carbocycles. The van der Waals surface area contributed by atoms with Crippen molar-refractivity contribution in [2.75, 3.05) is 27.2 Å². The fourth-order valence-corrected chi connectivity index (χ4v) is 10.1. The maximum atomic E-state index is 14.3. The molecule has 8 rings (SSSR count). The lowest BCUT2D eigenvalue weighted by Gasteiger charge is -2.30. The van der Waals surface area contributed by atoms with Crippen LogP contribution < -0.4 is 19.5 Å². The summed E-state index contributed by atoms with van der Waals surface area (Å²) in [4.78, 5) is 55.0. The zero-order valence-electron chi connectivity index (χ0n) is 30.6. The van der Waals surface area contributed by atoms with E-state index in [1.165, 1.54) is 29.8 Å². The van der Waals surface area contributed by atoms with E-state index in [0.717, 1.165) is 42.8 Å². The molecule has 2 N–H and O–H groups in total. The predicted molar refractivity (Wildman–Crippen MR) is 205 cm³/mol. The summed E-state index contributed by atoms with van der Waals surface area (Å²) in [5.41, 5.74) is 0.654. The normalized spacial score (nSPS) is 27.6. The highest BCUT2D eigenvalue weighted by Gasteiger charge is 2.63. The number of allylic oxidation sites excluding steroid dienone is 1. The molecule has 4 fully saturated rings. The van der Waals surface area contributed by atoms with Crippen LogP contribution >= 0.6 is 22.9 Å². The second kappa shape index (κ2) is 14.0. The van der Waals surface area contributed by atoms with Crippen LogP contribution in [-0.4, -0.2) is 95.7 Å². The number of thiazole rings is 1. The van der Waals surface area contributed by atoms with E-state index in [4.69, 9.17) is 31.0 Å². The standard InChI is InChI=1S/C38H45ClN6O7S2/c1-37(14-15-37)54(49,50)43-35(47)38-19-23(38)11-6-4-5-7-16-44(2)34(46)28-17-24(20-45(28)36(48)42-38)52-30-18-26(33-41-27(21-53-33)22-9-8-10-22)40-32-25(30)12-13-29(51-3)31(32)39/h6,11-13,18,21-24,28H,4-5,7-10,14-17,19-20H2,1-3H3,(H,42,48)(H,43,47)/b11-6+/t23-,24+,28+,38-/m1/s1. The van der Waals surface area contributed by atoms with Crippen LogP contribution in [0, 0.1) is 5.92 Å². The summed E-state index contributed by atoms with van der Waals surface area (Å²) in [6, 6.07) is 3.88. The van der Waals surface area contributed by atoms with Crippen molar-refractivity contribution in [1.82, 2.24) is 29.8 Å². The number of ether oxygens (including phenoxy) is 2. The summed E-state index contributed by atoms with van der Waals surface area (Å²) < 4.78 is 39.7. The minimum atomic E-state index is -3.95. The van der Waals surface area contributed by atoms with Gasteiger partial charge in [-0.15, -0.1) is 11.3 Å². The quantitative estimate of drug-likeness (QED) is 0.270. The van der Waals surface area contributed by atoms with Gasteiger partial charge in [-0.2, -0.15) is 0 Å². The van der Waals surface area contributed by atoms with Crippen LogP contribution in [0.25, 0.3) is 21.6 Å². The Morgan fingerprint density at radius 2 is 1.93 bits per heavy atom. The number of rotatable bonds is 8. The van der Waals surface area contributed by atoms with Crippen molar-refractivity contribution in [3.8, 4) is 22.2 Å². The lowest BCUT2D eigenvalue weighted by Crippen LogP contribution is -2.58. The second-order valence-electron chi connectivity index (χ2n) is 15.6. The third kappa shape index (κ3) is 6.69. The van der Waals surface area contributed by atoms with Crippen LogP contribution in [0.1, 0.15) is 82.7 Å². The first kappa shape index (κ1) is 37.0. The van der Waals surface area contributed by atoms with Gasteiger partial charge in [0.1, 0.15) is 44.9 Å². The lowest BCUT2D eigenvalue weighted by molar-refractivity contribution is -0.134. The number of aromatic nitrogens is 2. The molecular weight excluding hydrogens is 752 g/mol. The molecule has 4 amide bonds. The number of nitrogens with zero attached hydrogens (tertiary/aromatic N) is 4. The molecule has 54 heavy (non-hydrogen) atoms. The average Bonchev–Trinajstić information content (AvgIpc) is 3.90. The summed E-state index contributed by atoms with van der Waals surface area (Å²) in [6.45, 7) is 2.17. The van der Waals surface area contributed by atoms with Gasteiger partial charge in [-0.1, -0.05) is 30.2 Å².